The number of benzene rings is 1. The van der Waals surface area contributed by atoms with Crippen LogP contribution in [0.5, 0.6) is 0 Å². The Hall–Kier alpha value is -1.50. The maximum absolute atomic E-state index is 13.6. The number of hydrogen-bond donors (Lipinski definition) is 1. The van der Waals surface area contributed by atoms with Crippen molar-refractivity contribution in [3.8, 4) is 5.69 Å². The molecule has 0 amide bonds. The van der Waals surface area contributed by atoms with Crippen molar-refractivity contribution in [2.24, 2.45) is 5.92 Å². The summed E-state index contributed by atoms with van der Waals surface area (Å²) in [6, 6.07) is 4.75. The van der Waals surface area contributed by atoms with Crippen molar-refractivity contribution in [3.05, 3.63) is 40.7 Å². The lowest BCUT2D eigenvalue weighted by atomic mass is 9.93. The van der Waals surface area contributed by atoms with Gasteiger partial charge in [0.15, 0.2) is 5.82 Å². The molecular weight excluding hydrogens is 353 g/mol. The van der Waals surface area contributed by atoms with Crippen molar-refractivity contribution < 1.29 is 4.39 Å². The standard InChI is InChI=1S/C19H25ClFN5/c1-25-8-5-13(6-9-25)10-18-23-19(14-4-7-22-12-14)26(24-18)15-2-3-17(21)16(20)11-15/h2-3,11,13-14,22H,4-10,12H2,1H3/t14-/m1/s1. The van der Waals surface area contributed by atoms with Crippen LogP contribution >= 0.6 is 11.6 Å². The van der Waals surface area contributed by atoms with E-state index in [0.717, 1.165) is 56.4 Å². The van der Waals surface area contributed by atoms with Gasteiger partial charge in [-0.3, -0.25) is 0 Å². The summed E-state index contributed by atoms with van der Waals surface area (Å²) in [6.45, 7) is 4.17. The summed E-state index contributed by atoms with van der Waals surface area (Å²) in [7, 11) is 2.17. The molecule has 2 saturated heterocycles. The minimum absolute atomic E-state index is 0.116. The molecule has 140 valence electrons. The van der Waals surface area contributed by atoms with Crippen molar-refractivity contribution >= 4 is 11.6 Å². The number of piperidine rings is 1. The number of nitrogens with zero attached hydrogens (tertiary/aromatic N) is 4. The second-order valence-corrected chi connectivity index (χ2v) is 7.94. The van der Waals surface area contributed by atoms with Gasteiger partial charge in [0, 0.05) is 18.9 Å². The molecule has 1 N–H and O–H groups in total. The van der Waals surface area contributed by atoms with Crippen LogP contribution in [0.15, 0.2) is 18.2 Å². The number of halogens is 2. The zero-order chi connectivity index (χ0) is 18.1. The van der Waals surface area contributed by atoms with Crippen LogP contribution < -0.4 is 5.32 Å². The summed E-state index contributed by atoms with van der Waals surface area (Å²) in [5.74, 6) is 2.40. The van der Waals surface area contributed by atoms with Crippen LogP contribution in [0.4, 0.5) is 4.39 Å². The molecule has 1 atom stereocenters. The van der Waals surface area contributed by atoms with E-state index in [9.17, 15) is 4.39 Å². The molecule has 0 radical (unpaired) electrons. The summed E-state index contributed by atoms with van der Waals surface area (Å²) in [5, 5.41) is 8.30. The van der Waals surface area contributed by atoms with E-state index in [-0.39, 0.29) is 5.02 Å². The van der Waals surface area contributed by atoms with Gasteiger partial charge in [0.1, 0.15) is 11.6 Å². The molecule has 26 heavy (non-hydrogen) atoms. The zero-order valence-electron chi connectivity index (χ0n) is 15.1. The van der Waals surface area contributed by atoms with Crippen molar-refractivity contribution in [2.45, 2.75) is 31.6 Å². The Morgan fingerprint density at radius 3 is 2.77 bits per heavy atom. The van der Waals surface area contributed by atoms with Gasteiger partial charge in [-0.05, 0) is 70.1 Å². The maximum Gasteiger partial charge on any atom is 0.151 e. The molecule has 0 unspecified atom stereocenters. The average molecular weight is 378 g/mol. The number of nitrogens with one attached hydrogen (secondary N) is 1. The molecule has 2 fully saturated rings. The molecule has 0 saturated carbocycles. The van der Waals surface area contributed by atoms with E-state index in [0.29, 0.717) is 11.8 Å². The Balaban J connectivity index is 1.62. The highest BCUT2D eigenvalue weighted by atomic mass is 35.5. The van der Waals surface area contributed by atoms with E-state index < -0.39 is 5.82 Å². The minimum Gasteiger partial charge on any atom is -0.316 e. The molecule has 5 nitrogen and oxygen atoms in total. The highest BCUT2D eigenvalue weighted by Gasteiger charge is 2.26. The van der Waals surface area contributed by atoms with Gasteiger partial charge in [-0.15, -0.1) is 0 Å². The first kappa shape index (κ1) is 17.9. The van der Waals surface area contributed by atoms with Gasteiger partial charge in [-0.2, -0.15) is 5.10 Å². The van der Waals surface area contributed by atoms with Crippen molar-refractivity contribution in [3.63, 3.8) is 0 Å². The van der Waals surface area contributed by atoms with Crippen LogP contribution in [0.2, 0.25) is 5.02 Å². The van der Waals surface area contributed by atoms with Crippen LogP contribution in [0.1, 0.15) is 36.8 Å². The maximum atomic E-state index is 13.6. The quantitative estimate of drug-likeness (QED) is 0.889. The highest BCUT2D eigenvalue weighted by molar-refractivity contribution is 6.30. The van der Waals surface area contributed by atoms with Crippen LogP contribution in [0.25, 0.3) is 5.69 Å². The predicted molar refractivity (Wildman–Crippen MR) is 100 cm³/mol. The molecule has 2 aromatic rings. The molecular formula is C19H25ClFN5. The highest BCUT2D eigenvalue weighted by Crippen LogP contribution is 2.27. The van der Waals surface area contributed by atoms with Crippen molar-refractivity contribution in [1.82, 2.24) is 25.0 Å². The molecule has 0 bridgehead atoms. The van der Waals surface area contributed by atoms with E-state index in [4.69, 9.17) is 21.7 Å². The first-order valence-electron chi connectivity index (χ1n) is 9.40. The fraction of sp³-hybridized carbons (Fsp3) is 0.579. The summed E-state index contributed by atoms with van der Waals surface area (Å²) in [6.07, 6.45) is 4.33. The number of rotatable bonds is 4. The second kappa shape index (κ2) is 7.62. The zero-order valence-corrected chi connectivity index (χ0v) is 15.8. The fourth-order valence-corrected chi connectivity index (χ4v) is 4.10. The number of hydrogen-bond acceptors (Lipinski definition) is 4. The Morgan fingerprint density at radius 1 is 1.27 bits per heavy atom. The topological polar surface area (TPSA) is 46.0 Å². The third kappa shape index (κ3) is 3.77. The molecule has 2 aliphatic rings. The monoisotopic (exact) mass is 377 g/mol. The van der Waals surface area contributed by atoms with Gasteiger partial charge < -0.3 is 10.2 Å². The number of likely N-dealkylation sites (tertiary alicyclic amines) is 1. The van der Waals surface area contributed by atoms with Crippen molar-refractivity contribution in [1.29, 1.82) is 0 Å². The normalized spacial score (nSPS) is 22.2. The Kier molecular flexibility index (Phi) is 5.25. The largest absolute Gasteiger partial charge is 0.316 e. The molecule has 2 aliphatic heterocycles. The van der Waals surface area contributed by atoms with Gasteiger partial charge in [-0.1, -0.05) is 11.6 Å². The predicted octanol–water partition coefficient (Wildman–Crippen LogP) is 3.02. The van der Waals surface area contributed by atoms with E-state index in [1.807, 2.05) is 4.68 Å². The lowest BCUT2D eigenvalue weighted by molar-refractivity contribution is 0.217. The molecule has 7 heteroatoms. The van der Waals surface area contributed by atoms with Gasteiger partial charge in [0.25, 0.3) is 0 Å². The molecule has 1 aromatic carbocycles. The van der Waals surface area contributed by atoms with E-state index in [2.05, 4.69) is 17.3 Å². The summed E-state index contributed by atoms with van der Waals surface area (Å²) < 4.78 is 15.4. The van der Waals surface area contributed by atoms with Gasteiger partial charge in [0.05, 0.1) is 10.7 Å². The van der Waals surface area contributed by atoms with Crippen LogP contribution in [-0.2, 0) is 6.42 Å². The average Bonchev–Trinajstić information content (AvgIpc) is 3.29. The van der Waals surface area contributed by atoms with Crippen LogP contribution in [0.3, 0.4) is 0 Å². The van der Waals surface area contributed by atoms with Gasteiger partial charge in [-0.25, -0.2) is 14.1 Å². The van der Waals surface area contributed by atoms with Crippen molar-refractivity contribution in [2.75, 3.05) is 33.2 Å². The summed E-state index contributed by atoms with van der Waals surface area (Å²) in [4.78, 5) is 7.27. The molecule has 3 heterocycles. The van der Waals surface area contributed by atoms with E-state index in [1.54, 1.807) is 12.1 Å². The molecule has 4 rings (SSSR count). The van der Waals surface area contributed by atoms with Gasteiger partial charge >= 0.3 is 0 Å². The minimum atomic E-state index is -0.411. The van der Waals surface area contributed by atoms with Crippen LogP contribution in [-0.4, -0.2) is 52.9 Å². The first-order chi connectivity index (χ1) is 12.6. The third-order valence-corrected chi connectivity index (χ3v) is 5.85. The number of aromatic nitrogens is 3. The van der Waals surface area contributed by atoms with Crippen LogP contribution in [0, 0.1) is 11.7 Å². The Morgan fingerprint density at radius 2 is 2.08 bits per heavy atom. The van der Waals surface area contributed by atoms with E-state index in [1.165, 1.54) is 18.9 Å². The summed E-state index contributed by atoms with van der Waals surface area (Å²) >= 11 is 6.00. The lowest BCUT2D eigenvalue weighted by Gasteiger charge is -2.28. The second-order valence-electron chi connectivity index (χ2n) is 7.54. The summed E-state index contributed by atoms with van der Waals surface area (Å²) in [5.41, 5.74) is 0.778. The first-order valence-corrected chi connectivity index (χ1v) is 9.78. The smallest absolute Gasteiger partial charge is 0.151 e. The van der Waals surface area contributed by atoms with E-state index >= 15 is 0 Å². The fourth-order valence-electron chi connectivity index (χ4n) is 3.93. The molecule has 1 aromatic heterocycles. The third-order valence-electron chi connectivity index (χ3n) is 5.56. The Labute approximate surface area is 158 Å². The molecule has 0 aliphatic carbocycles. The molecule has 0 spiro atoms. The SMILES string of the molecule is CN1CCC(Cc2nc([C@@H]3CCNC3)n(-c3ccc(F)c(Cl)c3)n2)CC1. The Bertz CT molecular complexity index is 763. The lowest BCUT2D eigenvalue weighted by Crippen LogP contribution is -2.31. The van der Waals surface area contributed by atoms with Gasteiger partial charge in [0.2, 0.25) is 0 Å².